The zero-order valence-electron chi connectivity index (χ0n) is 14.6. The summed E-state index contributed by atoms with van der Waals surface area (Å²) in [5.74, 6) is 1.66. The van der Waals surface area contributed by atoms with Gasteiger partial charge in [-0.25, -0.2) is 9.97 Å². The molecule has 0 saturated carbocycles. The second kappa shape index (κ2) is 8.46. The molecule has 4 nitrogen and oxygen atoms in total. The van der Waals surface area contributed by atoms with Crippen molar-refractivity contribution in [3.05, 3.63) is 29.0 Å². The van der Waals surface area contributed by atoms with Crippen LogP contribution in [0, 0.1) is 6.92 Å². The van der Waals surface area contributed by atoms with Gasteiger partial charge in [0.15, 0.2) is 0 Å². The topological polar surface area (TPSA) is 41.0 Å². The van der Waals surface area contributed by atoms with Gasteiger partial charge in [0.25, 0.3) is 0 Å². The van der Waals surface area contributed by atoms with E-state index in [0.29, 0.717) is 11.1 Å². The Morgan fingerprint density at radius 3 is 2.65 bits per heavy atom. The molecule has 1 N–H and O–H groups in total. The summed E-state index contributed by atoms with van der Waals surface area (Å²) in [5, 5.41) is 5.27. The van der Waals surface area contributed by atoms with Gasteiger partial charge in [-0.3, -0.25) is 0 Å². The fraction of sp³-hybridized carbons (Fsp3) is 0.556. The highest BCUT2D eigenvalue weighted by molar-refractivity contribution is 6.31. The fourth-order valence-electron chi connectivity index (χ4n) is 2.80. The molecule has 5 heteroatoms. The number of nitrogens with zero attached hydrogens (tertiary/aromatic N) is 3. The number of nitrogens with one attached hydrogen (secondary N) is 1. The number of hydrogen-bond donors (Lipinski definition) is 1. The first-order valence-electron chi connectivity index (χ1n) is 8.46. The van der Waals surface area contributed by atoms with Gasteiger partial charge in [-0.15, -0.1) is 0 Å². The molecule has 0 spiro atoms. The Morgan fingerprint density at radius 2 is 1.96 bits per heavy atom. The van der Waals surface area contributed by atoms with Crippen LogP contribution < -0.4 is 5.32 Å². The van der Waals surface area contributed by atoms with Crippen molar-refractivity contribution >= 4 is 28.3 Å². The number of aryl methyl sites for hydroxylation is 1. The third kappa shape index (κ3) is 5.05. The maximum absolute atomic E-state index is 6.07. The summed E-state index contributed by atoms with van der Waals surface area (Å²) in [6, 6.07) is 6.14. The third-order valence-corrected chi connectivity index (χ3v) is 4.39. The highest BCUT2D eigenvalue weighted by Crippen LogP contribution is 2.24. The van der Waals surface area contributed by atoms with Crippen molar-refractivity contribution < 1.29 is 0 Å². The van der Waals surface area contributed by atoms with Crippen molar-refractivity contribution in [1.82, 2.24) is 14.9 Å². The van der Waals surface area contributed by atoms with Crippen LogP contribution in [-0.4, -0.2) is 40.5 Å². The monoisotopic (exact) mass is 334 g/mol. The fourth-order valence-corrected chi connectivity index (χ4v) is 2.96. The standard InChI is InChI=1S/C18H27ClN4/c1-5-23(6-2)11-7-8-13(3)20-18-16-10-9-15(19)12-17(16)21-14(4)22-18/h9-10,12-13H,5-8,11H2,1-4H3,(H,20,21,22)/t13-/m0/s1. The van der Waals surface area contributed by atoms with Crippen LogP contribution in [0.1, 0.15) is 39.4 Å². The summed E-state index contributed by atoms with van der Waals surface area (Å²) >= 11 is 6.07. The molecule has 0 aliphatic rings. The van der Waals surface area contributed by atoms with Gasteiger partial charge in [-0.2, -0.15) is 0 Å². The Balaban J connectivity index is 2.03. The number of fused-ring (bicyclic) bond motifs is 1. The van der Waals surface area contributed by atoms with Crippen molar-refractivity contribution in [2.45, 2.75) is 46.6 Å². The summed E-state index contributed by atoms with van der Waals surface area (Å²) in [6.07, 6.45) is 2.30. The van der Waals surface area contributed by atoms with Crippen LogP contribution >= 0.6 is 11.6 Å². The van der Waals surface area contributed by atoms with Crippen LogP contribution in [0.4, 0.5) is 5.82 Å². The highest BCUT2D eigenvalue weighted by Gasteiger charge is 2.10. The van der Waals surface area contributed by atoms with Gasteiger partial charge in [0, 0.05) is 16.5 Å². The molecular weight excluding hydrogens is 308 g/mol. The minimum atomic E-state index is 0.374. The molecule has 0 unspecified atom stereocenters. The van der Waals surface area contributed by atoms with Crippen LogP contribution in [-0.2, 0) is 0 Å². The van der Waals surface area contributed by atoms with Crippen LogP contribution in [0.15, 0.2) is 18.2 Å². The van der Waals surface area contributed by atoms with E-state index >= 15 is 0 Å². The predicted octanol–water partition coefficient (Wildman–Crippen LogP) is 4.51. The van der Waals surface area contributed by atoms with Crippen molar-refractivity contribution in [2.24, 2.45) is 0 Å². The van der Waals surface area contributed by atoms with E-state index in [4.69, 9.17) is 11.6 Å². The predicted molar refractivity (Wildman–Crippen MR) is 99.4 cm³/mol. The smallest absolute Gasteiger partial charge is 0.137 e. The molecule has 0 aliphatic heterocycles. The average Bonchev–Trinajstić information content (AvgIpc) is 2.51. The molecular formula is C18H27ClN4. The van der Waals surface area contributed by atoms with E-state index < -0.39 is 0 Å². The van der Waals surface area contributed by atoms with Crippen molar-refractivity contribution in [3.63, 3.8) is 0 Å². The van der Waals surface area contributed by atoms with E-state index in [9.17, 15) is 0 Å². The third-order valence-electron chi connectivity index (χ3n) is 4.16. The van der Waals surface area contributed by atoms with E-state index in [-0.39, 0.29) is 0 Å². The number of rotatable bonds is 8. The van der Waals surface area contributed by atoms with Gasteiger partial charge in [0.05, 0.1) is 5.52 Å². The Bertz CT molecular complexity index is 635. The van der Waals surface area contributed by atoms with Gasteiger partial charge >= 0.3 is 0 Å². The maximum atomic E-state index is 6.07. The van der Waals surface area contributed by atoms with Crippen molar-refractivity contribution in [3.8, 4) is 0 Å². The molecule has 0 bridgehead atoms. The maximum Gasteiger partial charge on any atom is 0.137 e. The van der Waals surface area contributed by atoms with Gasteiger partial charge in [-0.1, -0.05) is 25.4 Å². The summed E-state index contributed by atoms with van der Waals surface area (Å²) in [7, 11) is 0. The number of aromatic nitrogens is 2. The second-order valence-electron chi connectivity index (χ2n) is 6.00. The van der Waals surface area contributed by atoms with Crippen molar-refractivity contribution in [1.29, 1.82) is 0 Å². The average molecular weight is 335 g/mol. The van der Waals surface area contributed by atoms with E-state index in [1.807, 2.05) is 25.1 Å². The van der Waals surface area contributed by atoms with Gasteiger partial charge in [0.2, 0.25) is 0 Å². The Kier molecular flexibility index (Phi) is 6.60. The minimum absolute atomic E-state index is 0.374. The lowest BCUT2D eigenvalue weighted by Crippen LogP contribution is -2.25. The molecule has 1 atom stereocenters. The molecule has 0 amide bonds. The second-order valence-corrected chi connectivity index (χ2v) is 6.43. The zero-order valence-corrected chi connectivity index (χ0v) is 15.3. The molecule has 1 aromatic carbocycles. The molecule has 0 fully saturated rings. The van der Waals surface area contributed by atoms with Crippen molar-refractivity contribution in [2.75, 3.05) is 25.0 Å². The summed E-state index contributed by atoms with van der Waals surface area (Å²) in [5.41, 5.74) is 0.892. The van der Waals surface area contributed by atoms with Crippen LogP contribution in [0.2, 0.25) is 5.02 Å². The summed E-state index contributed by atoms with van der Waals surface area (Å²) < 4.78 is 0. The summed E-state index contributed by atoms with van der Waals surface area (Å²) in [6.45, 7) is 11.9. The lowest BCUT2D eigenvalue weighted by Gasteiger charge is -2.20. The summed E-state index contributed by atoms with van der Waals surface area (Å²) in [4.78, 5) is 11.5. The molecule has 0 radical (unpaired) electrons. The Hall–Kier alpha value is -1.39. The SMILES string of the molecule is CCN(CC)CCC[C@H](C)Nc1nc(C)nc2cc(Cl)ccc12. The number of hydrogen-bond acceptors (Lipinski definition) is 4. The highest BCUT2D eigenvalue weighted by atomic mass is 35.5. The number of benzene rings is 1. The molecule has 126 valence electrons. The first-order chi connectivity index (χ1) is 11.0. The minimum Gasteiger partial charge on any atom is -0.367 e. The lowest BCUT2D eigenvalue weighted by molar-refractivity contribution is 0.295. The first-order valence-corrected chi connectivity index (χ1v) is 8.84. The van der Waals surface area contributed by atoms with E-state index in [0.717, 1.165) is 48.6 Å². The van der Waals surface area contributed by atoms with Crippen LogP contribution in [0.5, 0.6) is 0 Å². The Labute approximate surface area is 144 Å². The quantitative estimate of drug-likeness (QED) is 0.771. The van der Waals surface area contributed by atoms with Gasteiger partial charge in [0.1, 0.15) is 11.6 Å². The molecule has 0 aliphatic carbocycles. The largest absolute Gasteiger partial charge is 0.367 e. The number of halogens is 1. The van der Waals surface area contributed by atoms with Crippen LogP contribution in [0.3, 0.4) is 0 Å². The normalized spacial score (nSPS) is 12.8. The Morgan fingerprint density at radius 1 is 1.22 bits per heavy atom. The molecule has 2 rings (SSSR count). The van der Waals surface area contributed by atoms with E-state index in [2.05, 4.69) is 41.0 Å². The van der Waals surface area contributed by atoms with Gasteiger partial charge in [-0.05, 0) is 64.5 Å². The first kappa shape index (κ1) is 18.0. The number of anilines is 1. The van der Waals surface area contributed by atoms with E-state index in [1.54, 1.807) is 0 Å². The molecule has 2 aromatic rings. The lowest BCUT2D eigenvalue weighted by atomic mass is 10.1. The molecule has 1 heterocycles. The van der Waals surface area contributed by atoms with Crippen LogP contribution in [0.25, 0.3) is 10.9 Å². The molecule has 0 saturated heterocycles. The van der Waals surface area contributed by atoms with E-state index in [1.165, 1.54) is 6.42 Å². The molecule has 23 heavy (non-hydrogen) atoms. The molecule has 1 aromatic heterocycles. The van der Waals surface area contributed by atoms with Gasteiger partial charge < -0.3 is 10.2 Å². The zero-order chi connectivity index (χ0) is 16.8.